The Morgan fingerprint density at radius 3 is 2.42 bits per heavy atom. The molecule has 0 bridgehead atoms. The Kier molecular flexibility index (Phi) is 5.62. The average Bonchev–Trinajstić information content (AvgIpc) is 2.03. The monoisotopic (exact) mass is 153 g/mol. The van der Waals surface area contributed by atoms with Crippen molar-refractivity contribution in [2.45, 2.75) is 13.5 Å². The minimum atomic E-state index is 0. The summed E-state index contributed by atoms with van der Waals surface area (Å²) in [6, 6.07) is 10.2. The summed E-state index contributed by atoms with van der Waals surface area (Å²) in [5, 5.41) is 4.20. The van der Waals surface area contributed by atoms with E-state index in [0.717, 1.165) is 12.2 Å². The van der Waals surface area contributed by atoms with E-state index >= 15 is 0 Å². The van der Waals surface area contributed by atoms with E-state index < -0.39 is 0 Å². The van der Waals surface area contributed by atoms with Crippen molar-refractivity contribution in [3.05, 3.63) is 53.5 Å². The van der Waals surface area contributed by atoms with Crippen LogP contribution in [0.25, 0.3) is 5.32 Å². The third kappa shape index (κ3) is 4.28. The average molecular weight is 153 g/mol. The molecule has 1 aromatic carbocycles. The maximum Gasteiger partial charge on any atom is 1.00 e. The zero-order valence-electron chi connectivity index (χ0n) is 7.75. The van der Waals surface area contributed by atoms with Gasteiger partial charge in [-0.1, -0.05) is 42.8 Å². The van der Waals surface area contributed by atoms with Crippen LogP contribution in [0.4, 0.5) is 0 Å². The second-order valence-electron chi connectivity index (χ2n) is 2.54. The van der Waals surface area contributed by atoms with Gasteiger partial charge in [-0.15, -0.1) is 13.1 Å². The fourth-order valence-corrected chi connectivity index (χ4v) is 0.810. The topological polar surface area (TPSA) is 14.1 Å². The molecule has 0 saturated carbocycles. The Labute approximate surface area is 86.0 Å². The van der Waals surface area contributed by atoms with Gasteiger partial charge in [0.15, 0.2) is 0 Å². The van der Waals surface area contributed by atoms with Crippen molar-refractivity contribution in [2.24, 2.45) is 0 Å². The van der Waals surface area contributed by atoms with Crippen LogP contribution in [0.15, 0.2) is 42.6 Å². The second kappa shape index (κ2) is 5.94. The molecule has 0 spiro atoms. The molecule has 0 amide bonds. The number of benzene rings is 1. The first-order valence-electron chi connectivity index (χ1n) is 3.66. The molecule has 0 aliphatic carbocycles. The normalized spacial score (nSPS) is 8.42. The molecule has 0 aromatic heterocycles. The second-order valence-corrected chi connectivity index (χ2v) is 2.54. The quantitative estimate of drug-likeness (QED) is 0.547. The van der Waals surface area contributed by atoms with Crippen LogP contribution in [-0.2, 0) is 6.54 Å². The molecule has 0 heterocycles. The molecule has 0 unspecified atom stereocenters. The summed E-state index contributed by atoms with van der Waals surface area (Å²) in [6.45, 7) is 6.36. The molecule has 2 heteroatoms. The number of nitrogens with zero attached hydrogens (tertiary/aromatic N) is 1. The van der Waals surface area contributed by atoms with Crippen molar-refractivity contribution in [3.63, 3.8) is 0 Å². The molecule has 0 N–H and O–H groups in total. The van der Waals surface area contributed by atoms with Gasteiger partial charge in [0.05, 0.1) is 0 Å². The van der Waals surface area contributed by atoms with Gasteiger partial charge in [0, 0.05) is 0 Å². The van der Waals surface area contributed by atoms with E-state index in [9.17, 15) is 0 Å². The molecule has 0 aliphatic rings. The first-order chi connectivity index (χ1) is 5.29. The number of hydrogen-bond acceptors (Lipinski definition) is 0. The minimum Gasteiger partial charge on any atom is -0.685 e. The fraction of sp³-hybridized carbons (Fsp3) is 0.200. The Balaban J connectivity index is 0.00000121. The molecule has 1 aromatic rings. The van der Waals surface area contributed by atoms with Crippen LogP contribution in [-0.4, -0.2) is 0 Å². The molecule has 58 valence electrons. The van der Waals surface area contributed by atoms with Crippen LogP contribution >= 0.6 is 0 Å². The molecule has 0 fully saturated rings. The molecule has 1 nitrogen and oxygen atoms in total. The van der Waals surface area contributed by atoms with Crippen LogP contribution in [0.1, 0.15) is 12.5 Å². The van der Waals surface area contributed by atoms with E-state index in [-0.39, 0.29) is 18.9 Å². The Morgan fingerprint density at radius 2 is 1.92 bits per heavy atom. The zero-order valence-corrected chi connectivity index (χ0v) is 7.75. The van der Waals surface area contributed by atoms with Crippen molar-refractivity contribution in [1.82, 2.24) is 0 Å². The van der Waals surface area contributed by atoms with E-state index in [4.69, 9.17) is 0 Å². The van der Waals surface area contributed by atoms with Crippen molar-refractivity contribution in [1.29, 1.82) is 0 Å². The van der Waals surface area contributed by atoms with Gasteiger partial charge in [-0.05, 0) is 0 Å². The Hall–Kier alpha value is -0.643. The van der Waals surface area contributed by atoms with Crippen LogP contribution in [0.5, 0.6) is 0 Å². The molecule has 12 heavy (non-hydrogen) atoms. The summed E-state index contributed by atoms with van der Waals surface area (Å²) in [5.74, 6) is 0. The molecule has 0 aliphatic heterocycles. The van der Waals surface area contributed by atoms with Gasteiger partial charge in [0.25, 0.3) is 0 Å². The van der Waals surface area contributed by atoms with E-state index in [1.807, 2.05) is 25.1 Å². The van der Waals surface area contributed by atoms with Crippen LogP contribution in [0.3, 0.4) is 0 Å². The SMILES string of the molecule is C=C(C)[N-]Cc1ccccc1.[Li+]. The van der Waals surface area contributed by atoms with Gasteiger partial charge in [-0.2, -0.15) is 5.70 Å². The summed E-state index contributed by atoms with van der Waals surface area (Å²) >= 11 is 0. The first-order valence-corrected chi connectivity index (χ1v) is 3.66. The summed E-state index contributed by atoms with van der Waals surface area (Å²) in [7, 11) is 0. The van der Waals surface area contributed by atoms with E-state index in [1.54, 1.807) is 0 Å². The van der Waals surface area contributed by atoms with Gasteiger partial charge in [-0.3, -0.25) is 0 Å². The van der Waals surface area contributed by atoms with Gasteiger partial charge in [-0.25, -0.2) is 0 Å². The predicted molar refractivity (Wildman–Crippen MR) is 48.3 cm³/mol. The molecular weight excluding hydrogens is 141 g/mol. The smallest absolute Gasteiger partial charge is 0.685 e. The van der Waals surface area contributed by atoms with Crippen molar-refractivity contribution >= 4 is 0 Å². The van der Waals surface area contributed by atoms with E-state index in [0.29, 0.717) is 0 Å². The molecule has 0 saturated heterocycles. The maximum absolute atomic E-state index is 4.20. The zero-order chi connectivity index (χ0) is 8.10. The third-order valence-corrected chi connectivity index (χ3v) is 1.37. The summed E-state index contributed by atoms with van der Waals surface area (Å²) in [5.41, 5.74) is 2.12. The van der Waals surface area contributed by atoms with Gasteiger partial charge >= 0.3 is 18.9 Å². The Bertz CT molecular complexity index is 231. The van der Waals surface area contributed by atoms with Crippen molar-refractivity contribution in [2.75, 3.05) is 0 Å². The Morgan fingerprint density at radius 1 is 1.33 bits per heavy atom. The van der Waals surface area contributed by atoms with Gasteiger partial charge in [0.2, 0.25) is 0 Å². The van der Waals surface area contributed by atoms with Crippen molar-refractivity contribution in [3.8, 4) is 0 Å². The first kappa shape index (κ1) is 11.4. The predicted octanol–water partition coefficient (Wildman–Crippen LogP) is 0.0979. The molecule has 1 rings (SSSR count). The summed E-state index contributed by atoms with van der Waals surface area (Å²) in [6.07, 6.45) is 0. The standard InChI is InChI=1S/C10H12N.Li/c1-9(2)11-8-10-6-4-3-5-7-10;/h3-7H,1,8H2,2H3;/q-1;+1. The number of allylic oxidation sites excluding steroid dienone is 1. The maximum atomic E-state index is 4.20. The van der Waals surface area contributed by atoms with E-state index in [1.165, 1.54) is 5.56 Å². The van der Waals surface area contributed by atoms with Crippen LogP contribution in [0.2, 0.25) is 0 Å². The summed E-state index contributed by atoms with van der Waals surface area (Å²) in [4.78, 5) is 0. The van der Waals surface area contributed by atoms with Crippen LogP contribution < -0.4 is 18.9 Å². The fourth-order valence-electron chi connectivity index (χ4n) is 0.810. The molecule has 0 atom stereocenters. The number of hydrogen-bond donors (Lipinski definition) is 0. The van der Waals surface area contributed by atoms with Crippen LogP contribution in [0, 0.1) is 0 Å². The third-order valence-electron chi connectivity index (χ3n) is 1.37. The molecular formula is C10H12LiN. The largest absolute Gasteiger partial charge is 1.00 e. The van der Waals surface area contributed by atoms with E-state index in [2.05, 4.69) is 24.0 Å². The number of rotatable bonds is 3. The summed E-state index contributed by atoms with van der Waals surface area (Å²) < 4.78 is 0. The van der Waals surface area contributed by atoms with Crippen molar-refractivity contribution < 1.29 is 18.9 Å². The van der Waals surface area contributed by atoms with Gasteiger partial charge in [0.1, 0.15) is 0 Å². The minimum absolute atomic E-state index is 0. The molecule has 0 radical (unpaired) electrons. The van der Waals surface area contributed by atoms with Gasteiger partial charge < -0.3 is 5.32 Å².